The molecule has 6 heteroatoms. The Morgan fingerprint density at radius 2 is 1.86 bits per heavy atom. The predicted octanol–water partition coefficient (Wildman–Crippen LogP) is 1.85. The topological polar surface area (TPSA) is 54.4 Å². The Hall–Kier alpha value is -1.27. The fourth-order valence-electron chi connectivity index (χ4n) is 0.904. The average Bonchev–Trinajstić information content (AvgIpc) is 2.07. The molecule has 14 heavy (non-hydrogen) atoms. The molecule has 1 rings (SSSR count). The normalized spacial score (nSPS) is 11.4. The van der Waals surface area contributed by atoms with Gasteiger partial charge in [0.05, 0.1) is 0 Å². The van der Waals surface area contributed by atoms with Crippen LogP contribution in [0.4, 0.5) is 8.78 Å². The third-order valence-electron chi connectivity index (χ3n) is 1.57. The van der Waals surface area contributed by atoms with Crippen LogP contribution in [0, 0.1) is 11.6 Å². The van der Waals surface area contributed by atoms with Gasteiger partial charge in [0.2, 0.25) is 0 Å². The monoisotopic (exact) mass is 220 g/mol. The van der Waals surface area contributed by atoms with E-state index >= 15 is 0 Å². The first kappa shape index (κ1) is 10.8. The molecule has 0 aliphatic rings. The maximum Gasteiger partial charge on any atom is 0.297 e. The summed E-state index contributed by atoms with van der Waals surface area (Å²) < 4.78 is 55.5. The quantitative estimate of drug-likeness (QED) is 0.774. The van der Waals surface area contributed by atoms with E-state index in [1.165, 1.54) is 0 Å². The first-order valence-electron chi connectivity index (χ1n) is 3.46. The average molecular weight is 220 g/mol. The molecule has 0 spiro atoms. The van der Waals surface area contributed by atoms with E-state index in [4.69, 9.17) is 4.55 Å². The fourth-order valence-corrected chi connectivity index (χ4v) is 1.46. The molecule has 0 saturated heterocycles. The second-order valence-corrected chi connectivity index (χ2v) is 3.85. The van der Waals surface area contributed by atoms with Crippen molar-refractivity contribution >= 4 is 16.2 Å². The third kappa shape index (κ3) is 1.80. The standard InChI is InChI=1S/C8H6F2O3S/c1-2-5-3-4-6(14(11,12)13)8(10)7(5)9/h2-4H,1H2,(H,11,12,13). The molecule has 0 bridgehead atoms. The molecule has 1 aromatic carbocycles. The minimum Gasteiger partial charge on any atom is -0.282 e. The number of benzene rings is 1. The fraction of sp³-hybridized carbons (Fsp3) is 0. The van der Waals surface area contributed by atoms with Crippen LogP contribution >= 0.6 is 0 Å². The highest BCUT2D eigenvalue weighted by Crippen LogP contribution is 2.20. The van der Waals surface area contributed by atoms with Crippen LogP contribution in [-0.2, 0) is 10.1 Å². The van der Waals surface area contributed by atoms with E-state index in [0.717, 1.165) is 18.2 Å². The predicted molar refractivity (Wildman–Crippen MR) is 46.3 cm³/mol. The highest BCUT2D eigenvalue weighted by Gasteiger charge is 2.20. The molecule has 76 valence electrons. The van der Waals surface area contributed by atoms with Gasteiger partial charge in [0.25, 0.3) is 10.1 Å². The van der Waals surface area contributed by atoms with E-state index in [0.29, 0.717) is 0 Å². The highest BCUT2D eigenvalue weighted by molar-refractivity contribution is 7.85. The molecule has 0 unspecified atom stereocenters. The van der Waals surface area contributed by atoms with Crippen LogP contribution in [-0.4, -0.2) is 13.0 Å². The molecule has 0 atom stereocenters. The van der Waals surface area contributed by atoms with Gasteiger partial charge in [0, 0.05) is 5.56 Å². The molecule has 1 aromatic rings. The van der Waals surface area contributed by atoms with Gasteiger partial charge in [-0.05, 0) is 6.07 Å². The van der Waals surface area contributed by atoms with Crippen LogP contribution in [0.15, 0.2) is 23.6 Å². The second-order valence-electron chi connectivity index (χ2n) is 2.46. The van der Waals surface area contributed by atoms with E-state index in [1.807, 2.05) is 0 Å². The van der Waals surface area contributed by atoms with Crippen molar-refractivity contribution in [3.63, 3.8) is 0 Å². The van der Waals surface area contributed by atoms with Gasteiger partial charge in [-0.3, -0.25) is 4.55 Å². The number of hydrogen-bond donors (Lipinski definition) is 1. The molecule has 3 nitrogen and oxygen atoms in total. The van der Waals surface area contributed by atoms with E-state index in [1.54, 1.807) is 0 Å². The molecule has 0 saturated carbocycles. The molecular weight excluding hydrogens is 214 g/mol. The van der Waals surface area contributed by atoms with Crippen molar-refractivity contribution < 1.29 is 21.8 Å². The van der Waals surface area contributed by atoms with Gasteiger partial charge >= 0.3 is 0 Å². The summed E-state index contributed by atoms with van der Waals surface area (Å²) in [5.41, 5.74) is -0.171. The first-order valence-corrected chi connectivity index (χ1v) is 4.90. The summed E-state index contributed by atoms with van der Waals surface area (Å²) in [6, 6.07) is 1.78. The summed E-state index contributed by atoms with van der Waals surface area (Å²) in [7, 11) is -4.73. The maximum atomic E-state index is 13.0. The lowest BCUT2D eigenvalue weighted by molar-refractivity contribution is 0.453. The lowest BCUT2D eigenvalue weighted by Crippen LogP contribution is -2.04. The van der Waals surface area contributed by atoms with Gasteiger partial charge < -0.3 is 0 Å². The van der Waals surface area contributed by atoms with Crippen molar-refractivity contribution in [3.8, 4) is 0 Å². The van der Waals surface area contributed by atoms with Gasteiger partial charge in [0.15, 0.2) is 11.6 Å². The lowest BCUT2D eigenvalue weighted by Gasteiger charge is -2.02. The zero-order valence-corrected chi connectivity index (χ0v) is 7.68. The molecule has 0 aromatic heterocycles. The van der Waals surface area contributed by atoms with Crippen LogP contribution in [0.25, 0.3) is 6.08 Å². The van der Waals surface area contributed by atoms with Gasteiger partial charge in [-0.15, -0.1) is 0 Å². The van der Waals surface area contributed by atoms with Crippen LogP contribution in [0.5, 0.6) is 0 Å². The van der Waals surface area contributed by atoms with Crippen LogP contribution in [0.2, 0.25) is 0 Å². The number of halogens is 2. The van der Waals surface area contributed by atoms with E-state index in [2.05, 4.69) is 6.58 Å². The molecule has 1 N–H and O–H groups in total. The minimum absolute atomic E-state index is 0.171. The molecule has 0 aliphatic heterocycles. The summed E-state index contributed by atoms with van der Waals surface area (Å²) in [5.74, 6) is -2.96. The summed E-state index contributed by atoms with van der Waals surface area (Å²) in [4.78, 5) is -1.08. The SMILES string of the molecule is C=Cc1ccc(S(=O)(=O)O)c(F)c1F. The lowest BCUT2D eigenvalue weighted by atomic mass is 10.2. The Balaban J connectivity index is 3.54. The Kier molecular flexibility index (Phi) is 2.68. The Morgan fingerprint density at radius 3 is 2.29 bits per heavy atom. The maximum absolute atomic E-state index is 13.0. The molecular formula is C8H6F2O3S. The largest absolute Gasteiger partial charge is 0.297 e. The zero-order valence-electron chi connectivity index (χ0n) is 6.87. The second kappa shape index (κ2) is 3.47. The van der Waals surface area contributed by atoms with Crippen LogP contribution in [0.3, 0.4) is 0 Å². The molecule has 0 aliphatic carbocycles. The zero-order chi connectivity index (χ0) is 10.9. The molecule has 0 radical (unpaired) electrons. The Bertz CT molecular complexity index is 480. The Labute approximate surface area is 79.4 Å². The van der Waals surface area contributed by atoms with Gasteiger partial charge in [-0.2, -0.15) is 8.42 Å². The van der Waals surface area contributed by atoms with Crippen molar-refractivity contribution in [1.82, 2.24) is 0 Å². The highest BCUT2D eigenvalue weighted by atomic mass is 32.2. The summed E-state index contributed by atoms with van der Waals surface area (Å²) in [6.45, 7) is 3.21. The smallest absolute Gasteiger partial charge is 0.282 e. The van der Waals surface area contributed by atoms with Crippen LogP contribution in [0.1, 0.15) is 5.56 Å². The van der Waals surface area contributed by atoms with E-state index in [-0.39, 0.29) is 5.56 Å². The third-order valence-corrected chi connectivity index (χ3v) is 2.45. The first-order chi connectivity index (χ1) is 6.38. The molecule has 0 fully saturated rings. The minimum atomic E-state index is -4.73. The van der Waals surface area contributed by atoms with Gasteiger partial charge in [0.1, 0.15) is 4.90 Å². The molecule has 0 amide bonds. The van der Waals surface area contributed by atoms with E-state index < -0.39 is 26.6 Å². The van der Waals surface area contributed by atoms with Crippen molar-refractivity contribution in [1.29, 1.82) is 0 Å². The molecule has 0 heterocycles. The number of rotatable bonds is 2. The van der Waals surface area contributed by atoms with Gasteiger partial charge in [-0.25, -0.2) is 8.78 Å². The Morgan fingerprint density at radius 1 is 1.29 bits per heavy atom. The van der Waals surface area contributed by atoms with E-state index in [9.17, 15) is 17.2 Å². The van der Waals surface area contributed by atoms with Gasteiger partial charge in [-0.1, -0.05) is 18.7 Å². The number of hydrogen-bond acceptors (Lipinski definition) is 2. The van der Waals surface area contributed by atoms with Crippen molar-refractivity contribution in [3.05, 3.63) is 35.9 Å². The summed E-state index contributed by atoms with van der Waals surface area (Å²) >= 11 is 0. The van der Waals surface area contributed by atoms with Crippen molar-refractivity contribution in [2.24, 2.45) is 0 Å². The van der Waals surface area contributed by atoms with Crippen molar-refractivity contribution in [2.45, 2.75) is 4.90 Å². The summed E-state index contributed by atoms with van der Waals surface area (Å²) in [6.07, 6.45) is 1.03. The van der Waals surface area contributed by atoms with Crippen molar-refractivity contribution in [2.75, 3.05) is 0 Å². The van der Waals surface area contributed by atoms with Crippen LogP contribution < -0.4 is 0 Å². The summed E-state index contributed by atoms with van der Waals surface area (Å²) in [5, 5.41) is 0.